The summed E-state index contributed by atoms with van der Waals surface area (Å²) < 4.78 is 58.9. The summed E-state index contributed by atoms with van der Waals surface area (Å²) in [4.78, 5) is 28.6. The van der Waals surface area contributed by atoms with E-state index in [4.69, 9.17) is 16.9 Å². The Bertz CT molecular complexity index is 1280. The quantitative estimate of drug-likeness (QED) is 0.312. The molecule has 8 nitrogen and oxygen atoms in total. The fourth-order valence-electron chi connectivity index (χ4n) is 4.14. The number of nitrogens with one attached hydrogen (secondary N) is 1. The number of terminal acetylenes is 1. The van der Waals surface area contributed by atoms with E-state index in [2.05, 4.69) is 31.2 Å². The molecule has 1 amide bonds. The fourth-order valence-corrected chi connectivity index (χ4v) is 5.53. The summed E-state index contributed by atoms with van der Waals surface area (Å²) in [6, 6.07) is 1.35. The van der Waals surface area contributed by atoms with E-state index >= 15 is 0 Å². The first-order chi connectivity index (χ1) is 17.1. The van der Waals surface area contributed by atoms with Crippen LogP contribution >= 0.6 is 11.8 Å². The zero-order valence-corrected chi connectivity index (χ0v) is 19.7. The van der Waals surface area contributed by atoms with Crippen molar-refractivity contribution in [2.75, 3.05) is 13.2 Å². The number of alkyl halides is 2. The molecule has 1 aliphatic carbocycles. The van der Waals surface area contributed by atoms with Gasteiger partial charge in [0.15, 0.2) is 17.6 Å². The van der Waals surface area contributed by atoms with E-state index in [-0.39, 0.29) is 40.9 Å². The summed E-state index contributed by atoms with van der Waals surface area (Å²) in [5.74, 6) is -0.411. The predicted octanol–water partition coefficient (Wildman–Crippen LogP) is 2.91. The molecule has 3 atom stereocenters. The average Bonchev–Trinajstić information content (AvgIpc) is 3.59. The molecule has 0 bridgehead atoms. The van der Waals surface area contributed by atoms with E-state index in [1.165, 1.54) is 12.3 Å². The monoisotopic (exact) mass is 520 g/mol. The number of carbonyl (C=O) groups excluding carboxylic acids is 1. The first-order valence-electron chi connectivity index (χ1n) is 10.6. The van der Waals surface area contributed by atoms with Crippen LogP contribution < -0.4 is 15.8 Å². The smallest absolute Gasteiger partial charge is 0.255 e. The number of pyridine rings is 1. The normalized spacial score (nSPS) is 25.0. The Kier molecular flexibility index (Phi) is 6.90. The standard InChI is InChI=1S/C23H20F4N6O2S/c1-3-4-35-18-11-29-15(9-30-18)14(24)6-12-5-13(19(27)31-8-12)22(2)16-7-23(16,36-21(28)33-22)20(34)32-10-17(25)26/h1,5-6,8-9,11,16-17H,4,7,10H2,2H3,(H2,28,33)(H,32,34)/b14-6-/t16?,22-,23+/m1/s1. The lowest BCUT2D eigenvalue weighted by Gasteiger charge is -2.33. The van der Waals surface area contributed by atoms with Crippen LogP contribution in [-0.4, -0.2) is 50.4 Å². The van der Waals surface area contributed by atoms with Gasteiger partial charge in [0.05, 0.1) is 24.5 Å². The van der Waals surface area contributed by atoms with Crippen LogP contribution in [-0.2, 0) is 10.3 Å². The van der Waals surface area contributed by atoms with Crippen LogP contribution in [0, 0.1) is 24.2 Å². The number of aromatic nitrogens is 3. The van der Waals surface area contributed by atoms with Crippen LogP contribution in [0.4, 0.5) is 17.6 Å². The molecule has 1 aliphatic heterocycles. The van der Waals surface area contributed by atoms with Gasteiger partial charge in [0, 0.05) is 17.7 Å². The van der Waals surface area contributed by atoms with E-state index in [9.17, 15) is 22.4 Å². The van der Waals surface area contributed by atoms with Crippen molar-refractivity contribution in [1.29, 1.82) is 0 Å². The molecule has 2 aromatic rings. The summed E-state index contributed by atoms with van der Waals surface area (Å²) in [6.07, 6.45) is 7.20. The number of rotatable bonds is 8. The summed E-state index contributed by atoms with van der Waals surface area (Å²) in [7, 11) is 0. The van der Waals surface area contributed by atoms with Crippen molar-refractivity contribution in [2.24, 2.45) is 16.6 Å². The fraction of sp³-hybridized carbons (Fsp3) is 0.348. The van der Waals surface area contributed by atoms with Crippen LogP contribution in [0.25, 0.3) is 11.9 Å². The van der Waals surface area contributed by atoms with Crippen LogP contribution in [0.2, 0.25) is 0 Å². The van der Waals surface area contributed by atoms with Crippen LogP contribution in [0.5, 0.6) is 5.88 Å². The Morgan fingerprint density at radius 3 is 2.83 bits per heavy atom. The number of nitrogens with zero attached hydrogens (tertiary/aromatic N) is 4. The highest BCUT2D eigenvalue weighted by atomic mass is 32.2. The molecule has 2 aromatic heterocycles. The summed E-state index contributed by atoms with van der Waals surface area (Å²) in [5, 5.41) is 2.22. The van der Waals surface area contributed by atoms with Gasteiger partial charge in [0.2, 0.25) is 17.7 Å². The van der Waals surface area contributed by atoms with Gasteiger partial charge >= 0.3 is 0 Å². The second-order valence-corrected chi connectivity index (χ2v) is 9.63. The zero-order chi connectivity index (χ0) is 26.1. The number of nitrogens with two attached hydrogens (primary N) is 1. The van der Waals surface area contributed by atoms with Crippen molar-refractivity contribution in [3.8, 4) is 18.2 Å². The van der Waals surface area contributed by atoms with Gasteiger partial charge < -0.3 is 15.8 Å². The van der Waals surface area contributed by atoms with E-state index in [0.29, 0.717) is 0 Å². The van der Waals surface area contributed by atoms with Crippen molar-refractivity contribution < 1.29 is 27.1 Å². The van der Waals surface area contributed by atoms with Gasteiger partial charge in [0.1, 0.15) is 10.4 Å². The minimum absolute atomic E-state index is 0.00684. The number of fused-ring (bicyclic) bond motifs is 1. The molecular weight excluding hydrogens is 500 g/mol. The molecule has 4 rings (SSSR count). The molecule has 0 radical (unpaired) electrons. The Hall–Kier alpha value is -3.66. The summed E-state index contributed by atoms with van der Waals surface area (Å²) in [6.45, 7) is 0.755. The van der Waals surface area contributed by atoms with Gasteiger partial charge in [-0.05, 0) is 31.1 Å². The van der Waals surface area contributed by atoms with Crippen LogP contribution in [0.1, 0.15) is 30.2 Å². The van der Waals surface area contributed by atoms with Gasteiger partial charge in [-0.3, -0.25) is 9.79 Å². The molecule has 0 spiro atoms. The maximum Gasteiger partial charge on any atom is 0.255 e. The Labute approximate surface area is 207 Å². The predicted molar refractivity (Wildman–Crippen MR) is 126 cm³/mol. The Morgan fingerprint density at radius 1 is 1.39 bits per heavy atom. The highest BCUT2D eigenvalue weighted by molar-refractivity contribution is 8.15. The first-order valence-corrected chi connectivity index (χ1v) is 11.4. The van der Waals surface area contributed by atoms with E-state index in [0.717, 1.165) is 30.2 Å². The SMILES string of the molecule is C#CCOc1cnc(/C(F)=C/c2cnc(F)c([C@@]3(C)N=C(N)S[C@@]4(C(=O)NCC(F)F)CC43)c2)cn1. The molecule has 1 fully saturated rings. The summed E-state index contributed by atoms with van der Waals surface area (Å²) in [5.41, 5.74) is 4.72. The average molecular weight is 521 g/mol. The molecule has 188 valence electrons. The minimum Gasteiger partial charge on any atom is -0.463 e. The molecule has 0 aromatic carbocycles. The van der Waals surface area contributed by atoms with E-state index in [1.807, 2.05) is 0 Å². The third kappa shape index (κ3) is 4.86. The minimum atomic E-state index is -2.72. The molecule has 36 heavy (non-hydrogen) atoms. The summed E-state index contributed by atoms with van der Waals surface area (Å²) >= 11 is 0.963. The number of hydrogen-bond acceptors (Lipinski definition) is 8. The molecule has 0 saturated heterocycles. The first kappa shape index (κ1) is 25.4. The lowest BCUT2D eigenvalue weighted by Crippen LogP contribution is -2.45. The topological polar surface area (TPSA) is 115 Å². The third-order valence-corrected chi connectivity index (χ3v) is 7.20. The van der Waals surface area contributed by atoms with Crippen molar-refractivity contribution in [3.05, 3.63) is 47.4 Å². The molecule has 2 aliphatic rings. The second kappa shape index (κ2) is 9.77. The molecular formula is C23H20F4N6O2S. The molecule has 1 unspecified atom stereocenters. The lowest BCUT2D eigenvalue weighted by molar-refractivity contribution is -0.122. The van der Waals surface area contributed by atoms with Crippen molar-refractivity contribution in [3.63, 3.8) is 0 Å². The van der Waals surface area contributed by atoms with Crippen molar-refractivity contribution in [2.45, 2.75) is 30.1 Å². The van der Waals surface area contributed by atoms with Crippen molar-refractivity contribution in [1.82, 2.24) is 20.3 Å². The number of thioether (sulfide) groups is 1. The molecule has 3 heterocycles. The Morgan fingerprint density at radius 2 is 2.17 bits per heavy atom. The maximum absolute atomic E-state index is 14.9. The van der Waals surface area contributed by atoms with Crippen LogP contribution in [0.15, 0.2) is 29.6 Å². The third-order valence-electron chi connectivity index (χ3n) is 5.89. The molecule has 3 N–H and O–H groups in total. The van der Waals surface area contributed by atoms with Gasteiger partial charge in [-0.2, -0.15) is 4.39 Å². The molecule has 13 heteroatoms. The van der Waals surface area contributed by atoms with E-state index < -0.39 is 46.9 Å². The number of aliphatic imine (C=N–C) groups is 1. The molecule has 1 saturated carbocycles. The number of hydrogen-bond donors (Lipinski definition) is 2. The highest BCUT2D eigenvalue weighted by Crippen LogP contribution is 2.66. The lowest BCUT2D eigenvalue weighted by atomic mass is 9.86. The largest absolute Gasteiger partial charge is 0.463 e. The maximum atomic E-state index is 14.9. The van der Waals surface area contributed by atoms with E-state index in [1.54, 1.807) is 6.92 Å². The Balaban J connectivity index is 1.61. The van der Waals surface area contributed by atoms with Gasteiger partial charge in [-0.15, -0.1) is 6.42 Å². The highest BCUT2D eigenvalue weighted by Gasteiger charge is 2.70. The van der Waals surface area contributed by atoms with Crippen LogP contribution in [0.3, 0.4) is 0 Å². The number of ether oxygens (including phenoxy) is 1. The van der Waals surface area contributed by atoms with Crippen molar-refractivity contribution >= 4 is 34.7 Å². The zero-order valence-electron chi connectivity index (χ0n) is 18.8. The number of amidine groups is 1. The van der Waals surface area contributed by atoms with Gasteiger partial charge in [-0.25, -0.2) is 28.1 Å². The van der Waals surface area contributed by atoms with Gasteiger partial charge in [-0.1, -0.05) is 17.7 Å². The number of halogens is 4. The second-order valence-electron chi connectivity index (χ2n) is 8.28. The number of carbonyl (C=O) groups is 1. The van der Waals surface area contributed by atoms with Gasteiger partial charge in [0.25, 0.3) is 6.43 Å². The number of amides is 1.